The molecule has 0 saturated heterocycles. The number of aromatic amines is 1. The summed E-state index contributed by atoms with van der Waals surface area (Å²) < 4.78 is 0. The zero-order valence-corrected chi connectivity index (χ0v) is 10.9. The van der Waals surface area contributed by atoms with Gasteiger partial charge in [0.15, 0.2) is 5.65 Å². The van der Waals surface area contributed by atoms with E-state index < -0.39 is 0 Å². The number of hydrogen-bond acceptors (Lipinski definition) is 2. The first-order valence-electron chi connectivity index (χ1n) is 6.38. The van der Waals surface area contributed by atoms with E-state index in [4.69, 9.17) is 4.98 Å². The van der Waals surface area contributed by atoms with Crippen molar-refractivity contribution in [1.82, 2.24) is 15.0 Å². The maximum absolute atomic E-state index is 4.75. The highest BCUT2D eigenvalue weighted by Crippen LogP contribution is 2.27. The Balaban J connectivity index is 2.26. The van der Waals surface area contributed by atoms with Crippen LogP contribution in [0.15, 0.2) is 36.4 Å². The molecule has 19 heavy (non-hydrogen) atoms. The van der Waals surface area contributed by atoms with Crippen LogP contribution in [-0.4, -0.2) is 15.0 Å². The standard InChI is InChI=1S/C16H13N3/c1-9-7-10(2)14-11(8-9)15-16(19-14)18-13-6-4-3-5-12(13)17-15/h3-8H,1-2H3,(H,18,19). The quantitative estimate of drug-likeness (QED) is 0.512. The van der Waals surface area contributed by atoms with Crippen molar-refractivity contribution in [2.75, 3.05) is 0 Å². The Bertz CT molecular complexity index is 935. The summed E-state index contributed by atoms with van der Waals surface area (Å²) in [6, 6.07) is 12.3. The Morgan fingerprint density at radius 1 is 0.947 bits per heavy atom. The molecule has 3 nitrogen and oxygen atoms in total. The van der Waals surface area contributed by atoms with Crippen LogP contribution in [0, 0.1) is 13.8 Å². The van der Waals surface area contributed by atoms with Crippen molar-refractivity contribution in [3.8, 4) is 0 Å². The van der Waals surface area contributed by atoms with E-state index in [0.717, 1.165) is 33.1 Å². The molecule has 0 bridgehead atoms. The first-order valence-corrected chi connectivity index (χ1v) is 6.38. The zero-order valence-electron chi connectivity index (χ0n) is 10.9. The molecule has 0 aliphatic rings. The van der Waals surface area contributed by atoms with E-state index in [1.54, 1.807) is 0 Å². The van der Waals surface area contributed by atoms with E-state index >= 15 is 0 Å². The van der Waals surface area contributed by atoms with Crippen molar-refractivity contribution in [2.24, 2.45) is 0 Å². The van der Waals surface area contributed by atoms with Crippen molar-refractivity contribution >= 4 is 33.1 Å². The van der Waals surface area contributed by atoms with Gasteiger partial charge in [-0.1, -0.05) is 23.8 Å². The number of para-hydroxylation sites is 2. The lowest BCUT2D eigenvalue weighted by Gasteiger charge is -1.98. The second kappa shape index (κ2) is 3.54. The fourth-order valence-electron chi connectivity index (χ4n) is 2.71. The number of H-pyrrole nitrogens is 1. The molecule has 0 saturated carbocycles. The number of benzene rings is 2. The molecule has 0 amide bonds. The summed E-state index contributed by atoms with van der Waals surface area (Å²) in [5.74, 6) is 0. The molecule has 4 rings (SSSR count). The van der Waals surface area contributed by atoms with Gasteiger partial charge in [0.2, 0.25) is 0 Å². The van der Waals surface area contributed by atoms with Crippen LogP contribution >= 0.6 is 0 Å². The maximum atomic E-state index is 4.75. The van der Waals surface area contributed by atoms with Gasteiger partial charge >= 0.3 is 0 Å². The third kappa shape index (κ3) is 1.45. The molecule has 2 aromatic carbocycles. The summed E-state index contributed by atoms with van der Waals surface area (Å²) in [5, 5.41) is 1.16. The maximum Gasteiger partial charge on any atom is 0.157 e. The third-order valence-electron chi connectivity index (χ3n) is 3.55. The molecule has 92 valence electrons. The minimum absolute atomic E-state index is 0.863. The number of hydrogen-bond donors (Lipinski definition) is 1. The fraction of sp³-hybridized carbons (Fsp3) is 0.125. The van der Waals surface area contributed by atoms with Crippen molar-refractivity contribution in [3.05, 3.63) is 47.5 Å². The van der Waals surface area contributed by atoms with E-state index in [0.29, 0.717) is 0 Å². The van der Waals surface area contributed by atoms with Gasteiger partial charge in [0.05, 0.1) is 16.6 Å². The van der Waals surface area contributed by atoms with Crippen molar-refractivity contribution in [3.63, 3.8) is 0 Å². The lowest BCUT2D eigenvalue weighted by molar-refractivity contribution is 1.34. The van der Waals surface area contributed by atoms with Gasteiger partial charge in [-0.2, -0.15) is 0 Å². The number of aryl methyl sites for hydroxylation is 2. The minimum Gasteiger partial charge on any atom is -0.338 e. The predicted octanol–water partition coefficient (Wildman–Crippen LogP) is 3.88. The van der Waals surface area contributed by atoms with Crippen LogP contribution < -0.4 is 0 Å². The van der Waals surface area contributed by atoms with Crippen LogP contribution in [0.5, 0.6) is 0 Å². The molecule has 0 unspecified atom stereocenters. The molecule has 0 spiro atoms. The molecule has 2 heterocycles. The van der Waals surface area contributed by atoms with Crippen LogP contribution in [-0.2, 0) is 0 Å². The van der Waals surface area contributed by atoms with Crippen LogP contribution in [0.3, 0.4) is 0 Å². The number of nitrogens with one attached hydrogen (secondary N) is 1. The molecular weight excluding hydrogens is 234 g/mol. The Hall–Kier alpha value is -2.42. The van der Waals surface area contributed by atoms with Gasteiger partial charge < -0.3 is 4.98 Å². The number of nitrogens with zero attached hydrogens (tertiary/aromatic N) is 2. The Morgan fingerprint density at radius 3 is 2.47 bits per heavy atom. The average molecular weight is 247 g/mol. The zero-order chi connectivity index (χ0) is 13.0. The van der Waals surface area contributed by atoms with Crippen LogP contribution in [0.25, 0.3) is 33.1 Å². The first kappa shape index (κ1) is 10.5. The van der Waals surface area contributed by atoms with E-state index in [2.05, 4.69) is 35.9 Å². The van der Waals surface area contributed by atoms with Crippen molar-refractivity contribution in [2.45, 2.75) is 13.8 Å². The number of rotatable bonds is 0. The Morgan fingerprint density at radius 2 is 1.68 bits per heavy atom. The molecular formula is C16H13N3. The van der Waals surface area contributed by atoms with Gasteiger partial charge in [0, 0.05) is 5.39 Å². The van der Waals surface area contributed by atoms with Gasteiger partial charge in [0.25, 0.3) is 0 Å². The van der Waals surface area contributed by atoms with Gasteiger partial charge in [-0.3, -0.25) is 0 Å². The van der Waals surface area contributed by atoms with Crippen molar-refractivity contribution < 1.29 is 0 Å². The number of fused-ring (bicyclic) bond motifs is 4. The largest absolute Gasteiger partial charge is 0.338 e. The SMILES string of the molecule is Cc1cc(C)c2[nH]c3nc4ccccc4nc3c2c1. The Kier molecular flexibility index (Phi) is 1.96. The summed E-state index contributed by atoms with van der Waals surface area (Å²) in [5.41, 5.74) is 7.31. The van der Waals surface area contributed by atoms with Gasteiger partial charge in [-0.25, -0.2) is 9.97 Å². The van der Waals surface area contributed by atoms with E-state index in [1.165, 1.54) is 11.1 Å². The highest BCUT2D eigenvalue weighted by Gasteiger charge is 2.10. The van der Waals surface area contributed by atoms with Gasteiger partial charge in [-0.05, 0) is 37.6 Å². The molecule has 1 N–H and O–H groups in total. The summed E-state index contributed by atoms with van der Waals surface area (Å²) in [6.07, 6.45) is 0. The fourth-order valence-corrected chi connectivity index (χ4v) is 2.71. The third-order valence-corrected chi connectivity index (χ3v) is 3.55. The highest BCUT2D eigenvalue weighted by molar-refractivity contribution is 6.06. The molecule has 2 aromatic heterocycles. The van der Waals surface area contributed by atoms with E-state index in [-0.39, 0.29) is 0 Å². The van der Waals surface area contributed by atoms with Gasteiger partial charge in [-0.15, -0.1) is 0 Å². The Labute approximate surface area is 110 Å². The van der Waals surface area contributed by atoms with Crippen LogP contribution in [0.2, 0.25) is 0 Å². The monoisotopic (exact) mass is 247 g/mol. The molecule has 0 fully saturated rings. The van der Waals surface area contributed by atoms with E-state index in [1.807, 2.05) is 24.3 Å². The van der Waals surface area contributed by atoms with Gasteiger partial charge in [0.1, 0.15) is 5.52 Å². The second-order valence-corrected chi connectivity index (χ2v) is 5.04. The van der Waals surface area contributed by atoms with E-state index in [9.17, 15) is 0 Å². The molecule has 0 aliphatic carbocycles. The molecule has 0 radical (unpaired) electrons. The summed E-state index contributed by atoms with van der Waals surface area (Å²) in [6.45, 7) is 4.23. The summed E-state index contributed by atoms with van der Waals surface area (Å²) in [7, 11) is 0. The normalized spacial score (nSPS) is 11.7. The highest BCUT2D eigenvalue weighted by atomic mass is 14.9. The van der Waals surface area contributed by atoms with Crippen LogP contribution in [0.4, 0.5) is 0 Å². The lowest BCUT2D eigenvalue weighted by atomic mass is 10.1. The smallest absolute Gasteiger partial charge is 0.157 e. The predicted molar refractivity (Wildman–Crippen MR) is 78.4 cm³/mol. The molecule has 4 aromatic rings. The molecule has 3 heteroatoms. The lowest BCUT2D eigenvalue weighted by Crippen LogP contribution is -1.84. The minimum atomic E-state index is 0.863. The average Bonchev–Trinajstić information content (AvgIpc) is 2.74. The van der Waals surface area contributed by atoms with Crippen LogP contribution in [0.1, 0.15) is 11.1 Å². The summed E-state index contributed by atoms with van der Waals surface area (Å²) >= 11 is 0. The number of aromatic nitrogens is 3. The summed E-state index contributed by atoms with van der Waals surface area (Å²) in [4.78, 5) is 12.8. The second-order valence-electron chi connectivity index (χ2n) is 5.04. The topological polar surface area (TPSA) is 41.6 Å². The van der Waals surface area contributed by atoms with Crippen molar-refractivity contribution in [1.29, 1.82) is 0 Å². The molecule has 0 atom stereocenters. The molecule has 0 aliphatic heterocycles. The first-order chi connectivity index (χ1) is 9.22.